The van der Waals surface area contributed by atoms with Crippen LogP contribution in [0.5, 0.6) is 11.5 Å². The summed E-state index contributed by atoms with van der Waals surface area (Å²) in [6.07, 6.45) is 2.98. The molecule has 0 atom stereocenters. The molecule has 1 amide bonds. The summed E-state index contributed by atoms with van der Waals surface area (Å²) in [5.41, 5.74) is 1.68. The second kappa shape index (κ2) is 8.49. The van der Waals surface area contributed by atoms with Gasteiger partial charge in [-0.15, -0.1) is 11.3 Å². The van der Waals surface area contributed by atoms with Gasteiger partial charge in [-0.2, -0.15) is 0 Å². The highest BCUT2D eigenvalue weighted by Crippen LogP contribution is 2.29. The van der Waals surface area contributed by atoms with E-state index in [4.69, 9.17) is 4.74 Å². The molecule has 0 saturated heterocycles. The minimum absolute atomic E-state index is 0.0302. The van der Waals surface area contributed by atoms with Crippen LogP contribution in [-0.2, 0) is 4.79 Å². The topological polar surface area (TPSA) is 79.7 Å². The zero-order chi connectivity index (χ0) is 20.1. The SMILES string of the molecule is COc1cc(C(=O)/C=C/c2csc(N(C(C)=O)c3ccccc3)n2)ccc1O. The van der Waals surface area contributed by atoms with Crippen molar-refractivity contribution in [2.45, 2.75) is 6.92 Å². The van der Waals surface area contributed by atoms with Crippen LogP contribution in [0.15, 0.2) is 60.0 Å². The predicted octanol–water partition coefficient (Wildman–Crippen LogP) is 4.44. The van der Waals surface area contributed by atoms with Gasteiger partial charge < -0.3 is 9.84 Å². The first kappa shape index (κ1) is 19.3. The lowest BCUT2D eigenvalue weighted by molar-refractivity contribution is -0.115. The van der Waals surface area contributed by atoms with Gasteiger partial charge in [0.2, 0.25) is 5.91 Å². The molecule has 0 fully saturated rings. The summed E-state index contributed by atoms with van der Waals surface area (Å²) in [6.45, 7) is 1.48. The van der Waals surface area contributed by atoms with Gasteiger partial charge >= 0.3 is 0 Å². The van der Waals surface area contributed by atoms with Crippen LogP contribution >= 0.6 is 11.3 Å². The van der Waals surface area contributed by atoms with Gasteiger partial charge in [-0.05, 0) is 42.5 Å². The first-order chi connectivity index (χ1) is 13.5. The molecule has 0 unspecified atom stereocenters. The van der Waals surface area contributed by atoms with Gasteiger partial charge in [-0.1, -0.05) is 18.2 Å². The van der Waals surface area contributed by atoms with Gasteiger partial charge in [0, 0.05) is 17.9 Å². The molecule has 0 bridgehead atoms. The third-order valence-electron chi connectivity index (χ3n) is 3.90. The number of phenols is 1. The Morgan fingerprint density at radius 1 is 1.18 bits per heavy atom. The summed E-state index contributed by atoms with van der Waals surface area (Å²) >= 11 is 1.31. The van der Waals surface area contributed by atoms with Crippen LogP contribution < -0.4 is 9.64 Å². The molecule has 0 spiro atoms. The lowest BCUT2D eigenvalue weighted by Gasteiger charge is -2.17. The molecule has 1 N–H and O–H groups in total. The zero-order valence-electron chi connectivity index (χ0n) is 15.3. The number of amides is 1. The molecule has 0 aliphatic rings. The van der Waals surface area contributed by atoms with E-state index < -0.39 is 0 Å². The molecule has 1 aromatic heterocycles. The van der Waals surface area contributed by atoms with Gasteiger partial charge in [0.25, 0.3) is 0 Å². The maximum atomic E-state index is 12.4. The van der Waals surface area contributed by atoms with Crippen LogP contribution in [0.25, 0.3) is 6.08 Å². The fourth-order valence-corrected chi connectivity index (χ4v) is 3.40. The van der Waals surface area contributed by atoms with Gasteiger partial charge in [-0.25, -0.2) is 4.98 Å². The maximum Gasteiger partial charge on any atom is 0.230 e. The number of carbonyl (C=O) groups is 2. The molecule has 0 radical (unpaired) electrons. The van der Waals surface area contributed by atoms with Crippen LogP contribution in [-0.4, -0.2) is 28.9 Å². The van der Waals surface area contributed by atoms with Crippen LogP contribution in [0.1, 0.15) is 23.0 Å². The van der Waals surface area contributed by atoms with Gasteiger partial charge in [0.05, 0.1) is 18.5 Å². The Labute approximate surface area is 166 Å². The Kier molecular flexibility index (Phi) is 5.86. The lowest BCUT2D eigenvalue weighted by atomic mass is 10.1. The Hall–Kier alpha value is -3.45. The molecular formula is C21H18N2O4S. The van der Waals surface area contributed by atoms with E-state index >= 15 is 0 Å². The molecule has 3 aromatic rings. The highest BCUT2D eigenvalue weighted by Gasteiger charge is 2.17. The quantitative estimate of drug-likeness (QED) is 0.494. The molecule has 1 heterocycles. The first-order valence-corrected chi connectivity index (χ1v) is 9.28. The van der Waals surface area contributed by atoms with Crippen molar-refractivity contribution in [1.29, 1.82) is 0 Å². The predicted molar refractivity (Wildman–Crippen MR) is 109 cm³/mol. The molecule has 0 saturated carbocycles. The van der Waals surface area contributed by atoms with Crippen LogP contribution in [0.3, 0.4) is 0 Å². The lowest BCUT2D eigenvalue weighted by Crippen LogP contribution is -2.22. The number of allylic oxidation sites excluding steroid dienone is 1. The highest BCUT2D eigenvalue weighted by atomic mass is 32.1. The summed E-state index contributed by atoms with van der Waals surface area (Å²) in [5.74, 6) is -0.199. The van der Waals surface area contributed by atoms with Crippen molar-refractivity contribution in [2.75, 3.05) is 12.0 Å². The van der Waals surface area contributed by atoms with E-state index in [-0.39, 0.29) is 23.2 Å². The van der Waals surface area contributed by atoms with Gasteiger partial charge in [-0.3, -0.25) is 14.5 Å². The Morgan fingerprint density at radius 2 is 1.93 bits per heavy atom. The van der Waals surface area contributed by atoms with Gasteiger partial charge in [0.15, 0.2) is 22.4 Å². The van der Waals surface area contributed by atoms with Crippen molar-refractivity contribution in [2.24, 2.45) is 0 Å². The van der Waals surface area contributed by atoms with Crippen molar-refractivity contribution in [3.05, 3.63) is 71.2 Å². The number of aromatic nitrogens is 1. The molecular weight excluding hydrogens is 376 g/mol. The van der Waals surface area contributed by atoms with E-state index in [9.17, 15) is 14.7 Å². The van der Waals surface area contributed by atoms with Crippen molar-refractivity contribution in [1.82, 2.24) is 4.98 Å². The smallest absolute Gasteiger partial charge is 0.230 e. The standard InChI is InChI=1S/C21H18N2O4S/c1-14(24)23(17-6-4-3-5-7-17)21-22-16(13-28-21)9-11-18(25)15-8-10-19(26)20(12-15)27-2/h3-13,26H,1-2H3/b11-9+. The monoisotopic (exact) mass is 394 g/mol. The molecule has 142 valence electrons. The molecule has 28 heavy (non-hydrogen) atoms. The van der Waals surface area contributed by atoms with E-state index in [1.165, 1.54) is 54.5 Å². The maximum absolute atomic E-state index is 12.4. The summed E-state index contributed by atoms with van der Waals surface area (Å²) in [6, 6.07) is 13.6. The van der Waals surface area contributed by atoms with E-state index in [0.29, 0.717) is 16.4 Å². The van der Waals surface area contributed by atoms with E-state index in [1.54, 1.807) is 11.5 Å². The number of ether oxygens (including phenoxy) is 1. The summed E-state index contributed by atoms with van der Waals surface area (Å²) in [5, 5.41) is 11.9. The number of anilines is 2. The van der Waals surface area contributed by atoms with Crippen molar-refractivity contribution in [3.63, 3.8) is 0 Å². The van der Waals surface area contributed by atoms with Crippen LogP contribution in [0, 0.1) is 0 Å². The number of methoxy groups -OCH3 is 1. The number of aromatic hydroxyl groups is 1. The van der Waals surface area contributed by atoms with Crippen LogP contribution in [0.4, 0.5) is 10.8 Å². The third-order valence-corrected chi connectivity index (χ3v) is 4.74. The number of para-hydroxylation sites is 1. The summed E-state index contributed by atoms with van der Waals surface area (Å²) in [7, 11) is 1.42. The molecule has 7 heteroatoms. The minimum Gasteiger partial charge on any atom is -0.504 e. The molecule has 0 aliphatic carbocycles. The molecule has 3 rings (SSSR count). The minimum atomic E-state index is -0.251. The number of hydrogen-bond acceptors (Lipinski definition) is 6. The second-order valence-electron chi connectivity index (χ2n) is 5.83. The zero-order valence-corrected chi connectivity index (χ0v) is 16.1. The van der Waals surface area contributed by atoms with Crippen molar-refractivity contribution >= 4 is 39.9 Å². The number of rotatable bonds is 6. The average molecular weight is 394 g/mol. The van der Waals surface area contributed by atoms with E-state index in [1.807, 2.05) is 30.3 Å². The first-order valence-electron chi connectivity index (χ1n) is 8.40. The van der Waals surface area contributed by atoms with Crippen molar-refractivity contribution in [3.8, 4) is 11.5 Å². The Bertz CT molecular complexity index is 1030. The number of phenolic OH excluding ortho intramolecular Hbond substituents is 1. The number of thiazole rings is 1. The molecule has 0 aliphatic heterocycles. The number of carbonyl (C=O) groups excluding carboxylic acids is 2. The fraction of sp³-hybridized carbons (Fsp3) is 0.0952. The third kappa shape index (κ3) is 4.27. The van der Waals surface area contributed by atoms with E-state index in [0.717, 1.165) is 5.69 Å². The Balaban J connectivity index is 1.80. The fourth-order valence-electron chi connectivity index (χ4n) is 2.55. The van der Waals surface area contributed by atoms with Crippen LogP contribution in [0.2, 0.25) is 0 Å². The molecule has 2 aromatic carbocycles. The van der Waals surface area contributed by atoms with Crippen molar-refractivity contribution < 1.29 is 19.4 Å². The Morgan fingerprint density at radius 3 is 2.61 bits per heavy atom. The highest BCUT2D eigenvalue weighted by molar-refractivity contribution is 7.14. The largest absolute Gasteiger partial charge is 0.504 e. The normalized spacial score (nSPS) is 10.8. The summed E-state index contributed by atoms with van der Waals surface area (Å²) in [4.78, 5) is 30.4. The number of benzene rings is 2. The number of nitrogens with zero attached hydrogens (tertiary/aromatic N) is 2. The summed E-state index contributed by atoms with van der Waals surface area (Å²) < 4.78 is 5.02. The average Bonchev–Trinajstić information content (AvgIpc) is 3.15. The van der Waals surface area contributed by atoms with Gasteiger partial charge in [0.1, 0.15) is 0 Å². The number of ketones is 1. The molecule has 6 nitrogen and oxygen atoms in total. The van der Waals surface area contributed by atoms with E-state index in [2.05, 4.69) is 4.98 Å². The number of hydrogen-bond donors (Lipinski definition) is 1. The second-order valence-corrected chi connectivity index (χ2v) is 6.67.